The van der Waals surface area contributed by atoms with Crippen molar-refractivity contribution in [1.29, 1.82) is 0 Å². The molecular formula is C21H24N4O2. The second kappa shape index (κ2) is 7.13. The van der Waals surface area contributed by atoms with Gasteiger partial charge in [0.1, 0.15) is 0 Å². The van der Waals surface area contributed by atoms with Crippen LogP contribution >= 0.6 is 0 Å². The third-order valence-corrected chi connectivity index (χ3v) is 5.57. The van der Waals surface area contributed by atoms with E-state index in [-0.39, 0.29) is 12.5 Å². The quantitative estimate of drug-likeness (QED) is 0.610. The molecular weight excluding hydrogens is 340 g/mol. The summed E-state index contributed by atoms with van der Waals surface area (Å²) in [5.74, 6) is -0.0558. The molecule has 0 aromatic heterocycles. The molecule has 1 saturated heterocycles. The summed E-state index contributed by atoms with van der Waals surface area (Å²) in [6.45, 7) is 1.75. The lowest BCUT2D eigenvalue weighted by atomic mass is 9.90. The largest absolute Gasteiger partial charge is 0.404 e. The maximum Gasteiger partial charge on any atom is 0.256 e. The fourth-order valence-corrected chi connectivity index (χ4v) is 3.91. The number of hydrogen-bond donors (Lipinski definition) is 4. The van der Waals surface area contributed by atoms with E-state index < -0.39 is 5.54 Å². The molecule has 2 heterocycles. The molecule has 2 aromatic rings. The van der Waals surface area contributed by atoms with Crippen LogP contribution in [0.3, 0.4) is 0 Å². The van der Waals surface area contributed by atoms with Crippen molar-refractivity contribution >= 4 is 28.6 Å². The van der Waals surface area contributed by atoms with Crippen LogP contribution in [0.4, 0.5) is 5.69 Å². The Kier molecular flexibility index (Phi) is 4.68. The van der Waals surface area contributed by atoms with Crippen LogP contribution in [0.25, 0.3) is 10.8 Å². The van der Waals surface area contributed by atoms with Crippen LogP contribution in [0.15, 0.2) is 47.1 Å². The maximum atomic E-state index is 12.1. The van der Waals surface area contributed by atoms with Crippen LogP contribution in [0, 0.1) is 0 Å². The van der Waals surface area contributed by atoms with Crippen LogP contribution < -0.4 is 16.4 Å². The number of aliphatic imine (C=N–C) groups is 1. The summed E-state index contributed by atoms with van der Waals surface area (Å²) in [5, 5.41) is 18.0. The first-order chi connectivity index (χ1) is 13.2. The summed E-state index contributed by atoms with van der Waals surface area (Å²) in [7, 11) is 0. The first kappa shape index (κ1) is 17.7. The van der Waals surface area contributed by atoms with Gasteiger partial charge in [0.05, 0.1) is 12.1 Å². The molecule has 2 aromatic carbocycles. The number of allylic oxidation sites excluding steroid dienone is 1. The number of rotatable bonds is 5. The minimum absolute atomic E-state index is 0.0395. The minimum atomic E-state index is -0.419. The van der Waals surface area contributed by atoms with Crippen LogP contribution in [0.1, 0.15) is 28.8 Å². The number of hydrogen-bond acceptors (Lipinski definition) is 5. The summed E-state index contributed by atoms with van der Waals surface area (Å²) >= 11 is 0. The number of amides is 1. The fourth-order valence-electron chi connectivity index (χ4n) is 3.91. The van der Waals surface area contributed by atoms with Crippen molar-refractivity contribution in [2.45, 2.75) is 24.8 Å². The number of nitrogens with two attached hydrogens (primary N) is 1. The molecule has 140 valence electrons. The molecule has 0 bridgehead atoms. The minimum Gasteiger partial charge on any atom is -0.404 e. The molecule has 1 fully saturated rings. The van der Waals surface area contributed by atoms with Crippen LogP contribution in [0.2, 0.25) is 0 Å². The molecule has 2 aliphatic heterocycles. The third kappa shape index (κ3) is 3.22. The Bertz CT molecular complexity index is 943. The van der Waals surface area contributed by atoms with E-state index in [1.165, 1.54) is 0 Å². The van der Waals surface area contributed by atoms with Crippen LogP contribution in [0.5, 0.6) is 0 Å². The van der Waals surface area contributed by atoms with Crippen molar-refractivity contribution in [3.8, 4) is 0 Å². The summed E-state index contributed by atoms with van der Waals surface area (Å²) in [6, 6.07) is 9.76. The number of carbonyl (C=O) groups excluding carboxylic acids is 1. The molecule has 0 spiro atoms. The van der Waals surface area contributed by atoms with Gasteiger partial charge in [-0.25, -0.2) is 0 Å². The molecule has 0 radical (unpaired) electrons. The van der Waals surface area contributed by atoms with Gasteiger partial charge in [0.15, 0.2) is 0 Å². The maximum absolute atomic E-state index is 12.1. The lowest BCUT2D eigenvalue weighted by Gasteiger charge is -2.32. The number of aliphatic hydroxyl groups is 1. The van der Waals surface area contributed by atoms with E-state index in [2.05, 4.69) is 10.6 Å². The second-order valence-corrected chi connectivity index (χ2v) is 7.26. The van der Waals surface area contributed by atoms with E-state index in [4.69, 9.17) is 10.7 Å². The highest BCUT2D eigenvalue weighted by Crippen LogP contribution is 2.35. The van der Waals surface area contributed by atoms with E-state index in [9.17, 15) is 9.90 Å². The molecule has 0 aliphatic carbocycles. The predicted octanol–water partition coefficient (Wildman–Crippen LogP) is 1.98. The van der Waals surface area contributed by atoms with Gasteiger partial charge in [0.2, 0.25) is 0 Å². The van der Waals surface area contributed by atoms with Crippen molar-refractivity contribution in [3.05, 3.63) is 53.2 Å². The van der Waals surface area contributed by atoms with Gasteiger partial charge in [0.25, 0.3) is 5.91 Å². The average molecular weight is 364 g/mol. The molecule has 2 aliphatic rings. The molecule has 6 heteroatoms. The van der Waals surface area contributed by atoms with Gasteiger partial charge >= 0.3 is 0 Å². The SMILES string of the molecule is N/C=C(\C=NC1(CO)CCNCC1)Cc1ccc2c3c(cccc13)C(=O)N2. The van der Waals surface area contributed by atoms with E-state index in [0.29, 0.717) is 12.0 Å². The van der Waals surface area contributed by atoms with E-state index >= 15 is 0 Å². The molecule has 27 heavy (non-hydrogen) atoms. The van der Waals surface area contributed by atoms with Gasteiger partial charge in [-0.15, -0.1) is 0 Å². The molecule has 0 saturated carbocycles. The molecule has 0 atom stereocenters. The van der Waals surface area contributed by atoms with Crippen LogP contribution in [-0.2, 0) is 6.42 Å². The summed E-state index contributed by atoms with van der Waals surface area (Å²) in [6.07, 6.45) is 5.61. The molecule has 5 N–H and O–H groups in total. The Morgan fingerprint density at radius 2 is 2.07 bits per heavy atom. The summed E-state index contributed by atoms with van der Waals surface area (Å²) < 4.78 is 0. The number of anilines is 1. The number of carbonyl (C=O) groups is 1. The van der Waals surface area contributed by atoms with Crippen molar-refractivity contribution < 1.29 is 9.90 Å². The smallest absolute Gasteiger partial charge is 0.256 e. The Labute approximate surface area is 158 Å². The summed E-state index contributed by atoms with van der Waals surface area (Å²) in [4.78, 5) is 16.8. The molecule has 0 unspecified atom stereocenters. The normalized spacial score (nSPS) is 19.0. The Morgan fingerprint density at radius 3 is 2.81 bits per heavy atom. The van der Waals surface area contributed by atoms with Gasteiger partial charge < -0.3 is 21.5 Å². The van der Waals surface area contributed by atoms with Crippen molar-refractivity contribution in [3.63, 3.8) is 0 Å². The number of aliphatic hydroxyl groups excluding tert-OH is 1. The lowest BCUT2D eigenvalue weighted by Crippen LogP contribution is -2.43. The Hall–Kier alpha value is -2.70. The van der Waals surface area contributed by atoms with Gasteiger partial charge in [-0.05, 0) is 60.8 Å². The zero-order valence-corrected chi connectivity index (χ0v) is 15.2. The van der Waals surface area contributed by atoms with Gasteiger partial charge in [-0.3, -0.25) is 9.79 Å². The highest BCUT2D eigenvalue weighted by atomic mass is 16.3. The summed E-state index contributed by atoms with van der Waals surface area (Å²) in [5.41, 5.74) is 9.00. The number of benzene rings is 2. The standard InChI is InChI=1S/C21H24N4O2/c22-11-14(12-24-21(13-26)6-8-23-9-7-21)10-15-4-5-18-19-16(15)2-1-3-17(19)20(27)25-18/h1-5,11-12,23,26H,6-10,13,22H2,(H,25,27)/b14-11-,24-12?. The number of nitrogens with one attached hydrogen (secondary N) is 2. The highest BCUT2D eigenvalue weighted by Gasteiger charge is 2.30. The fraction of sp³-hybridized carbons (Fsp3) is 0.333. The van der Waals surface area contributed by atoms with E-state index in [0.717, 1.165) is 53.5 Å². The first-order valence-electron chi connectivity index (χ1n) is 9.29. The van der Waals surface area contributed by atoms with Gasteiger partial charge in [0, 0.05) is 29.3 Å². The number of piperidine rings is 1. The van der Waals surface area contributed by atoms with Gasteiger partial charge in [-0.2, -0.15) is 0 Å². The number of nitrogens with zero attached hydrogens (tertiary/aromatic N) is 1. The predicted molar refractivity (Wildman–Crippen MR) is 108 cm³/mol. The van der Waals surface area contributed by atoms with E-state index in [1.54, 1.807) is 12.4 Å². The molecule has 1 amide bonds. The Balaban J connectivity index is 1.63. The van der Waals surface area contributed by atoms with E-state index in [1.807, 2.05) is 30.3 Å². The zero-order chi connectivity index (χ0) is 18.9. The Morgan fingerprint density at radius 1 is 1.26 bits per heavy atom. The van der Waals surface area contributed by atoms with Crippen LogP contribution in [-0.4, -0.2) is 42.5 Å². The van der Waals surface area contributed by atoms with Crippen molar-refractivity contribution in [2.75, 3.05) is 25.0 Å². The third-order valence-electron chi connectivity index (χ3n) is 5.57. The monoisotopic (exact) mass is 364 g/mol. The lowest BCUT2D eigenvalue weighted by molar-refractivity contribution is 0.103. The highest BCUT2D eigenvalue weighted by molar-refractivity contribution is 6.24. The second-order valence-electron chi connectivity index (χ2n) is 7.26. The zero-order valence-electron chi connectivity index (χ0n) is 15.2. The molecule has 6 nitrogen and oxygen atoms in total. The average Bonchev–Trinajstić information content (AvgIpc) is 3.05. The first-order valence-corrected chi connectivity index (χ1v) is 9.29. The van der Waals surface area contributed by atoms with Crippen molar-refractivity contribution in [1.82, 2.24) is 5.32 Å². The molecule has 4 rings (SSSR count). The topological polar surface area (TPSA) is 99.7 Å². The van der Waals surface area contributed by atoms with Crippen molar-refractivity contribution in [2.24, 2.45) is 10.7 Å². The van der Waals surface area contributed by atoms with Gasteiger partial charge in [-0.1, -0.05) is 18.2 Å².